The number of H-pyrrole nitrogens is 1. The van der Waals surface area contributed by atoms with Crippen LogP contribution < -0.4 is 21.9 Å². The van der Waals surface area contributed by atoms with Crippen molar-refractivity contribution in [2.75, 3.05) is 44.0 Å². The van der Waals surface area contributed by atoms with Crippen LogP contribution in [-0.4, -0.2) is 125 Å². The molecule has 9 atom stereocenters. The molecule has 3 aliphatic heterocycles. The summed E-state index contributed by atoms with van der Waals surface area (Å²) >= 11 is 0. The summed E-state index contributed by atoms with van der Waals surface area (Å²) < 4.78 is 65.7. The number of halogens is 1. The van der Waals surface area contributed by atoms with Crippen LogP contribution in [0.4, 0.5) is 15.9 Å². The third-order valence-electron chi connectivity index (χ3n) is 9.69. The summed E-state index contributed by atoms with van der Waals surface area (Å²) in [4.78, 5) is 51.1. The van der Waals surface area contributed by atoms with Crippen molar-refractivity contribution in [3.63, 3.8) is 0 Å². The molecule has 3 saturated heterocycles. The lowest BCUT2D eigenvalue weighted by Gasteiger charge is -2.44. The van der Waals surface area contributed by atoms with Crippen molar-refractivity contribution in [1.29, 1.82) is 0 Å². The Morgan fingerprint density at radius 3 is 2.48 bits per heavy atom. The number of phosphoric ester groups is 1. The molecule has 21 nitrogen and oxygen atoms in total. The average molecular weight is 781 g/mol. The number of ether oxygens (including phenoxy) is 4. The number of aliphatic hydroxyl groups excluding tert-OH is 3. The Balaban J connectivity index is 1.13. The summed E-state index contributed by atoms with van der Waals surface area (Å²) in [6, 6.07) is 7.33. The third-order valence-corrected chi connectivity index (χ3v) is 10.7. The van der Waals surface area contributed by atoms with Gasteiger partial charge in [0.25, 0.3) is 5.56 Å². The van der Waals surface area contributed by atoms with Gasteiger partial charge in [0.2, 0.25) is 0 Å². The maximum atomic E-state index is 14.6. The molecule has 23 heteroatoms. The molecule has 0 radical (unpaired) electrons. The number of piperidine rings is 1. The summed E-state index contributed by atoms with van der Waals surface area (Å²) in [5, 5.41) is 31.7. The number of anilines is 2. The van der Waals surface area contributed by atoms with Crippen LogP contribution >= 0.6 is 7.82 Å². The van der Waals surface area contributed by atoms with Crippen molar-refractivity contribution in [2.45, 2.75) is 67.7 Å². The molecule has 7 rings (SSSR count). The van der Waals surface area contributed by atoms with Crippen LogP contribution in [0.25, 0.3) is 11.2 Å². The van der Waals surface area contributed by atoms with E-state index < -0.39 is 93.0 Å². The van der Waals surface area contributed by atoms with Gasteiger partial charge in [0.05, 0.1) is 25.2 Å². The van der Waals surface area contributed by atoms with Crippen LogP contribution in [0.5, 0.6) is 0 Å². The Hall–Kier alpha value is -4.19. The van der Waals surface area contributed by atoms with Gasteiger partial charge in [0.1, 0.15) is 54.3 Å². The van der Waals surface area contributed by atoms with Crippen LogP contribution in [0, 0.1) is 5.82 Å². The minimum absolute atomic E-state index is 0.0666. The molecule has 0 spiro atoms. The second-order valence-corrected chi connectivity index (χ2v) is 14.3. The van der Waals surface area contributed by atoms with E-state index in [4.69, 9.17) is 33.7 Å². The van der Waals surface area contributed by atoms with Crippen molar-refractivity contribution in [3.05, 3.63) is 75.8 Å². The molecule has 0 amide bonds. The van der Waals surface area contributed by atoms with Gasteiger partial charge in [-0.15, -0.1) is 0 Å². The smallest absolute Gasteiger partial charge is 0.394 e. The van der Waals surface area contributed by atoms with Gasteiger partial charge in [-0.2, -0.15) is 0 Å². The minimum Gasteiger partial charge on any atom is -0.394 e. The van der Waals surface area contributed by atoms with E-state index in [1.165, 1.54) is 30.4 Å². The topological polar surface area (TPSA) is 281 Å². The molecule has 3 aliphatic rings. The lowest BCUT2D eigenvalue weighted by Crippen LogP contribution is -2.52. The Bertz CT molecular complexity index is 2130. The van der Waals surface area contributed by atoms with E-state index in [2.05, 4.69) is 15.0 Å². The van der Waals surface area contributed by atoms with Crippen molar-refractivity contribution in [1.82, 2.24) is 29.1 Å². The van der Waals surface area contributed by atoms with E-state index in [9.17, 15) is 38.8 Å². The number of nitrogen functional groups attached to an aromatic ring is 1. The molecular weight excluding hydrogens is 742 g/mol. The third kappa shape index (κ3) is 7.30. The highest BCUT2D eigenvalue weighted by molar-refractivity contribution is 7.47. The lowest BCUT2D eigenvalue weighted by molar-refractivity contribution is -0.275. The summed E-state index contributed by atoms with van der Waals surface area (Å²) in [6.45, 7) is -0.951. The quantitative estimate of drug-likeness (QED) is 0.0753. The molecule has 1 unspecified atom stereocenters. The molecule has 3 aromatic heterocycles. The highest BCUT2D eigenvalue weighted by Gasteiger charge is 2.54. The zero-order chi connectivity index (χ0) is 38.4. The van der Waals surface area contributed by atoms with Crippen LogP contribution in [0.3, 0.4) is 0 Å². The van der Waals surface area contributed by atoms with E-state index in [1.54, 1.807) is 18.2 Å². The second kappa shape index (κ2) is 15.2. The monoisotopic (exact) mass is 780 g/mol. The number of nitrogens with one attached hydrogen (secondary N) is 1. The summed E-state index contributed by atoms with van der Waals surface area (Å²) in [5.74, 6) is -1.70. The molecule has 54 heavy (non-hydrogen) atoms. The molecule has 4 aromatic rings. The number of rotatable bonds is 12. The number of hydrogen-bond acceptors (Lipinski definition) is 17. The molecule has 7 N–H and O–H groups in total. The summed E-state index contributed by atoms with van der Waals surface area (Å²) in [6.07, 6.45) is -7.69. The number of methoxy groups -OCH3 is 1. The van der Waals surface area contributed by atoms with E-state index in [0.29, 0.717) is 18.8 Å². The fourth-order valence-electron chi connectivity index (χ4n) is 6.88. The Morgan fingerprint density at radius 1 is 1.04 bits per heavy atom. The number of hydrogen-bond donors (Lipinski definition) is 6. The van der Waals surface area contributed by atoms with Crippen molar-refractivity contribution >= 4 is 30.5 Å². The maximum Gasteiger partial charge on any atom is 0.472 e. The second-order valence-electron chi connectivity index (χ2n) is 12.9. The van der Waals surface area contributed by atoms with Crippen molar-refractivity contribution in [3.8, 4) is 0 Å². The van der Waals surface area contributed by atoms with Crippen LogP contribution in [0.15, 0.2) is 58.8 Å². The summed E-state index contributed by atoms with van der Waals surface area (Å²) in [7, 11) is -3.74. The van der Waals surface area contributed by atoms with Gasteiger partial charge in [-0.1, -0.05) is 12.1 Å². The predicted octanol–water partition coefficient (Wildman–Crippen LogP) is -0.863. The first-order chi connectivity index (χ1) is 25.8. The van der Waals surface area contributed by atoms with E-state index in [1.807, 2.05) is 9.88 Å². The zero-order valence-electron chi connectivity index (χ0n) is 28.5. The number of imidazole rings is 1. The molecule has 3 fully saturated rings. The lowest BCUT2D eigenvalue weighted by atomic mass is 10.0. The largest absolute Gasteiger partial charge is 0.472 e. The number of nitrogens with zero attached hydrogens (tertiary/aromatic N) is 6. The number of aromatic amines is 1. The number of aromatic nitrogens is 6. The number of benzene rings is 1. The molecule has 0 aliphatic carbocycles. The van der Waals surface area contributed by atoms with Crippen LogP contribution in [-0.2, 0) is 32.6 Å². The van der Waals surface area contributed by atoms with E-state index >= 15 is 0 Å². The average Bonchev–Trinajstić information content (AvgIpc) is 3.81. The molecule has 6 heterocycles. The fourth-order valence-corrected chi connectivity index (χ4v) is 7.84. The molecular formula is C31H38FN8O13P. The van der Waals surface area contributed by atoms with Gasteiger partial charge in [0.15, 0.2) is 29.7 Å². The van der Waals surface area contributed by atoms with E-state index in [-0.39, 0.29) is 29.8 Å². The van der Waals surface area contributed by atoms with Gasteiger partial charge in [0, 0.05) is 45.3 Å². The van der Waals surface area contributed by atoms with Crippen LogP contribution in [0.1, 0.15) is 25.3 Å². The number of aliphatic hydroxyl groups is 3. The number of fused-ring (bicyclic) bond motifs is 1. The molecule has 292 valence electrons. The van der Waals surface area contributed by atoms with Gasteiger partial charge in [-0.3, -0.25) is 28.0 Å². The Labute approximate surface area is 304 Å². The highest BCUT2D eigenvalue weighted by Crippen LogP contribution is 2.51. The summed E-state index contributed by atoms with van der Waals surface area (Å²) in [5.41, 5.74) is 5.21. The molecule has 0 saturated carbocycles. The number of nitrogens with two attached hydrogens (primary N) is 1. The maximum absolute atomic E-state index is 14.6. The van der Waals surface area contributed by atoms with Crippen molar-refractivity contribution < 1.29 is 57.2 Å². The zero-order valence-corrected chi connectivity index (χ0v) is 29.4. The van der Waals surface area contributed by atoms with E-state index in [0.717, 1.165) is 16.8 Å². The van der Waals surface area contributed by atoms with Gasteiger partial charge in [-0.25, -0.2) is 28.7 Å². The molecule has 0 bridgehead atoms. The standard InChI is InChI=1S/C31H38FN8O13P/c1-48-31(7-10-38(11-8-31)17-5-3-2-4-16(17)32)52-25-24(18(12-41)50-29(25)40-15-36-21-26(33)34-14-35-27(21)40)53-54(46,47)49-13-19-22(43)23(44)28(51-19)39-9-6-20(42)37-30(39)45/h2-6,9,14-15,18-19,22-25,28-29,41,43-44H,7-8,10-13H2,1H3,(H,46,47)(H2,33,34,35)(H,37,42,45)/t18-,19-,22-,23-,24-,25-,28-,29-/m1/s1. The number of para-hydroxylation sites is 1. The van der Waals surface area contributed by atoms with Crippen molar-refractivity contribution in [2.24, 2.45) is 0 Å². The predicted molar refractivity (Wildman–Crippen MR) is 181 cm³/mol. The molecule has 1 aromatic carbocycles. The first kappa shape index (κ1) is 38.1. The minimum atomic E-state index is -5.16. The SMILES string of the molecule is COC1(O[C@@H]2[C@H](OP(=O)(O)OC[C@H]3O[C@@H](n4ccc(=O)[nH]c4=O)[C@H](O)[C@@H]3O)[C@@H](CO)O[C@H]2n2cnc3c(N)ncnc32)CCN(c2ccccc2F)CC1. The fraction of sp³-hybridized carbons (Fsp3) is 0.516. The van der Waals surface area contributed by atoms with Gasteiger partial charge in [-0.05, 0) is 12.1 Å². The first-order valence-corrected chi connectivity index (χ1v) is 18.2. The normalized spacial score (nSPS) is 29.5. The highest BCUT2D eigenvalue weighted by atomic mass is 31.2. The number of phosphoric acid groups is 1. The van der Waals surface area contributed by atoms with Gasteiger partial charge < -0.3 is 49.8 Å². The van der Waals surface area contributed by atoms with Gasteiger partial charge >= 0.3 is 13.5 Å². The first-order valence-electron chi connectivity index (χ1n) is 16.7. The Morgan fingerprint density at radius 2 is 1.78 bits per heavy atom. The van der Waals surface area contributed by atoms with Crippen LogP contribution in [0.2, 0.25) is 0 Å². The Kier molecular flexibility index (Phi) is 10.7.